The summed E-state index contributed by atoms with van der Waals surface area (Å²) >= 11 is 0. The predicted molar refractivity (Wildman–Crippen MR) is 72.9 cm³/mol. The fourth-order valence-corrected chi connectivity index (χ4v) is 3.19. The smallest absolute Gasteiger partial charge is 0.238 e. The van der Waals surface area contributed by atoms with E-state index >= 15 is 0 Å². The lowest BCUT2D eigenvalue weighted by Gasteiger charge is -2.20. The van der Waals surface area contributed by atoms with Gasteiger partial charge in [0.25, 0.3) is 0 Å². The Kier molecular flexibility index (Phi) is 3.92. The van der Waals surface area contributed by atoms with Gasteiger partial charge in [-0.15, -0.1) is 0 Å². The molecule has 2 rings (SSSR count). The minimum Gasteiger partial charge on any atom is -0.382 e. The highest BCUT2D eigenvalue weighted by atomic mass is 32.2. The first-order chi connectivity index (χ1) is 8.50. The van der Waals surface area contributed by atoms with Gasteiger partial charge in [-0.2, -0.15) is 0 Å². The van der Waals surface area contributed by atoms with Crippen molar-refractivity contribution in [2.24, 2.45) is 11.1 Å². The molecule has 2 atom stereocenters. The molecule has 1 aliphatic rings. The number of primary sulfonamides is 1. The van der Waals surface area contributed by atoms with Crippen LogP contribution in [0.15, 0.2) is 29.2 Å². The van der Waals surface area contributed by atoms with E-state index < -0.39 is 10.0 Å². The van der Waals surface area contributed by atoms with Gasteiger partial charge in [0.05, 0.1) is 4.90 Å². The highest BCUT2D eigenvalue weighted by Crippen LogP contribution is 2.30. The summed E-state index contributed by atoms with van der Waals surface area (Å²) < 4.78 is 22.3. The molecule has 1 fully saturated rings. The number of rotatable bonds is 4. The van der Waals surface area contributed by atoms with Crippen LogP contribution in [0.1, 0.15) is 32.6 Å². The minimum absolute atomic E-state index is 0.159. The van der Waals surface area contributed by atoms with E-state index in [1.165, 1.54) is 25.7 Å². The van der Waals surface area contributed by atoms with Crippen LogP contribution in [-0.4, -0.2) is 14.5 Å². The average Bonchev–Trinajstić information content (AvgIpc) is 2.76. The zero-order valence-corrected chi connectivity index (χ0v) is 11.4. The molecule has 0 heterocycles. The van der Waals surface area contributed by atoms with Crippen LogP contribution in [0.25, 0.3) is 0 Å². The van der Waals surface area contributed by atoms with Gasteiger partial charge in [-0.3, -0.25) is 0 Å². The molecule has 1 saturated carbocycles. The van der Waals surface area contributed by atoms with Gasteiger partial charge >= 0.3 is 0 Å². The Morgan fingerprint density at radius 3 is 2.50 bits per heavy atom. The Balaban J connectivity index is 2.07. The third-order valence-electron chi connectivity index (χ3n) is 3.72. The van der Waals surface area contributed by atoms with E-state index in [2.05, 4.69) is 12.2 Å². The summed E-state index contributed by atoms with van der Waals surface area (Å²) in [7, 11) is -3.59. The summed E-state index contributed by atoms with van der Waals surface area (Å²) in [5, 5.41) is 8.55. The van der Waals surface area contributed by atoms with E-state index in [0.29, 0.717) is 6.04 Å². The van der Waals surface area contributed by atoms with E-state index in [-0.39, 0.29) is 4.90 Å². The minimum atomic E-state index is -3.59. The molecule has 0 aromatic heterocycles. The standard InChI is InChI=1S/C13H20N2O2S/c1-2-10-4-3-5-13(10)15-11-6-8-12(9-7-11)18(14,16)17/h6-10,13,15H,2-5H2,1H3,(H2,14,16,17). The third kappa shape index (κ3) is 3.03. The maximum absolute atomic E-state index is 11.1. The van der Waals surface area contributed by atoms with Crippen LogP contribution >= 0.6 is 0 Å². The molecule has 1 aromatic carbocycles. The average molecular weight is 268 g/mol. The first-order valence-electron chi connectivity index (χ1n) is 6.40. The van der Waals surface area contributed by atoms with E-state index in [4.69, 9.17) is 5.14 Å². The maximum atomic E-state index is 11.1. The van der Waals surface area contributed by atoms with Crippen molar-refractivity contribution >= 4 is 15.7 Å². The molecule has 0 saturated heterocycles. The SMILES string of the molecule is CCC1CCCC1Nc1ccc(S(N)(=O)=O)cc1. The molecular formula is C13H20N2O2S. The van der Waals surface area contributed by atoms with Gasteiger partial charge in [-0.1, -0.05) is 19.8 Å². The van der Waals surface area contributed by atoms with Gasteiger partial charge in [-0.05, 0) is 43.0 Å². The van der Waals surface area contributed by atoms with Crippen molar-refractivity contribution < 1.29 is 8.42 Å². The van der Waals surface area contributed by atoms with Crippen molar-refractivity contribution in [3.8, 4) is 0 Å². The summed E-state index contributed by atoms with van der Waals surface area (Å²) in [6, 6.07) is 7.17. The van der Waals surface area contributed by atoms with Gasteiger partial charge in [0.15, 0.2) is 0 Å². The van der Waals surface area contributed by atoms with Gasteiger partial charge in [0.1, 0.15) is 0 Å². The number of nitrogens with one attached hydrogen (secondary N) is 1. The van der Waals surface area contributed by atoms with E-state index in [9.17, 15) is 8.42 Å². The van der Waals surface area contributed by atoms with Crippen molar-refractivity contribution in [2.75, 3.05) is 5.32 Å². The highest BCUT2D eigenvalue weighted by molar-refractivity contribution is 7.89. The Labute approximate surface area is 109 Å². The lowest BCUT2D eigenvalue weighted by Crippen LogP contribution is -2.23. The maximum Gasteiger partial charge on any atom is 0.238 e. The van der Waals surface area contributed by atoms with Gasteiger partial charge in [0, 0.05) is 11.7 Å². The highest BCUT2D eigenvalue weighted by Gasteiger charge is 2.25. The lowest BCUT2D eigenvalue weighted by atomic mass is 10.0. The molecule has 5 heteroatoms. The Bertz CT molecular complexity index is 496. The molecule has 0 amide bonds. The zero-order valence-electron chi connectivity index (χ0n) is 10.6. The molecule has 0 radical (unpaired) electrons. The second-order valence-corrected chi connectivity index (χ2v) is 6.48. The third-order valence-corrected chi connectivity index (χ3v) is 4.65. The molecule has 4 nitrogen and oxygen atoms in total. The number of sulfonamides is 1. The fraction of sp³-hybridized carbons (Fsp3) is 0.538. The molecule has 1 aromatic rings. The van der Waals surface area contributed by atoms with E-state index in [0.717, 1.165) is 11.6 Å². The van der Waals surface area contributed by atoms with E-state index in [1.807, 2.05) is 0 Å². The molecular weight excluding hydrogens is 248 g/mol. The fourth-order valence-electron chi connectivity index (χ4n) is 2.67. The topological polar surface area (TPSA) is 72.2 Å². The predicted octanol–water partition coefficient (Wildman–Crippen LogP) is 2.32. The molecule has 0 aliphatic heterocycles. The van der Waals surface area contributed by atoms with Crippen LogP contribution in [0.3, 0.4) is 0 Å². The molecule has 100 valence electrons. The first-order valence-corrected chi connectivity index (χ1v) is 7.94. The zero-order chi connectivity index (χ0) is 13.2. The van der Waals surface area contributed by atoms with Crippen LogP contribution in [-0.2, 0) is 10.0 Å². The number of nitrogens with two attached hydrogens (primary N) is 1. The Hall–Kier alpha value is -1.07. The normalized spacial score (nSPS) is 24.1. The lowest BCUT2D eigenvalue weighted by molar-refractivity contribution is 0.489. The summed E-state index contributed by atoms with van der Waals surface area (Å²) in [6.45, 7) is 2.22. The summed E-state index contributed by atoms with van der Waals surface area (Å²) in [4.78, 5) is 0.159. The molecule has 0 bridgehead atoms. The van der Waals surface area contributed by atoms with Gasteiger partial charge < -0.3 is 5.32 Å². The number of hydrogen-bond donors (Lipinski definition) is 2. The van der Waals surface area contributed by atoms with Crippen LogP contribution < -0.4 is 10.5 Å². The number of anilines is 1. The van der Waals surface area contributed by atoms with Gasteiger partial charge in [-0.25, -0.2) is 13.6 Å². The molecule has 3 N–H and O–H groups in total. The summed E-state index contributed by atoms with van der Waals surface area (Å²) in [5.41, 5.74) is 0.966. The second-order valence-electron chi connectivity index (χ2n) is 4.92. The first kappa shape index (κ1) is 13.4. The summed E-state index contributed by atoms with van der Waals surface area (Å²) in [6.07, 6.45) is 4.93. The van der Waals surface area contributed by atoms with Crippen LogP contribution in [0, 0.1) is 5.92 Å². The number of hydrogen-bond acceptors (Lipinski definition) is 3. The van der Waals surface area contributed by atoms with Crippen molar-refractivity contribution in [2.45, 2.75) is 43.5 Å². The second kappa shape index (κ2) is 5.28. The van der Waals surface area contributed by atoms with Gasteiger partial charge in [0.2, 0.25) is 10.0 Å². The monoisotopic (exact) mass is 268 g/mol. The molecule has 0 spiro atoms. The Morgan fingerprint density at radius 2 is 1.94 bits per heavy atom. The summed E-state index contributed by atoms with van der Waals surface area (Å²) in [5.74, 6) is 0.725. The van der Waals surface area contributed by atoms with Crippen LogP contribution in [0.5, 0.6) is 0 Å². The van der Waals surface area contributed by atoms with Crippen molar-refractivity contribution in [1.29, 1.82) is 0 Å². The van der Waals surface area contributed by atoms with E-state index in [1.54, 1.807) is 24.3 Å². The van der Waals surface area contributed by atoms with Crippen molar-refractivity contribution in [1.82, 2.24) is 0 Å². The molecule has 1 aliphatic carbocycles. The van der Waals surface area contributed by atoms with Crippen molar-refractivity contribution in [3.05, 3.63) is 24.3 Å². The molecule has 2 unspecified atom stereocenters. The quantitative estimate of drug-likeness (QED) is 0.880. The van der Waals surface area contributed by atoms with Crippen LogP contribution in [0.2, 0.25) is 0 Å². The largest absolute Gasteiger partial charge is 0.382 e. The van der Waals surface area contributed by atoms with Crippen molar-refractivity contribution in [3.63, 3.8) is 0 Å². The van der Waals surface area contributed by atoms with Crippen LogP contribution in [0.4, 0.5) is 5.69 Å². The number of benzene rings is 1. The Morgan fingerprint density at radius 1 is 1.28 bits per heavy atom. The molecule has 18 heavy (non-hydrogen) atoms.